The summed E-state index contributed by atoms with van der Waals surface area (Å²) in [5, 5.41) is 1.18. The van der Waals surface area contributed by atoms with Gasteiger partial charge in [-0.15, -0.1) is 0 Å². The zero-order chi connectivity index (χ0) is 9.14. The van der Waals surface area contributed by atoms with Gasteiger partial charge in [0.05, 0.1) is 7.11 Å². The molecule has 0 aliphatic rings. The van der Waals surface area contributed by atoms with E-state index in [0.717, 1.165) is 5.56 Å². The van der Waals surface area contributed by atoms with Crippen LogP contribution in [0.4, 0.5) is 0 Å². The van der Waals surface area contributed by atoms with Gasteiger partial charge < -0.3 is 0 Å². The predicted molar refractivity (Wildman–Crippen MR) is 46.0 cm³/mol. The van der Waals surface area contributed by atoms with Gasteiger partial charge in [-0.05, 0) is 24.0 Å². The summed E-state index contributed by atoms with van der Waals surface area (Å²) in [6, 6.07) is 0. The number of hydrogen-bond acceptors (Lipinski definition) is 4. The van der Waals surface area contributed by atoms with Crippen molar-refractivity contribution in [1.82, 2.24) is 9.44 Å². The maximum Gasteiger partial charge on any atom is 0.289 e. The van der Waals surface area contributed by atoms with Crippen LogP contribution >= 0.6 is 11.5 Å². The predicted octanol–water partition coefficient (Wildman–Crippen LogP) is 1.08. The van der Waals surface area contributed by atoms with Crippen molar-refractivity contribution in [3.05, 3.63) is 16.6 Å². The first-order valence-electron chi connectivity index (χ1n) is 3.40. The largest absolute Gasteiger partial charge is 0.289 e. The first kappa shape index (κ1) is 9.15. The molecule has 0 saturated carbocycles. The van der Waals surface area contributed by atoms with E-state index in [1.807, 2.05) is 6.92 Å². The molecule has 1 rings (SSSR count). The van der Waals surface area contributed by atoms with Crippen molar-refractivity contribution >= 4 is 17.4 Å². The normalized spacial score (nSPS) is 9.92. The van der Waals surface area contributed by atoms with Crippen LogP contribution in [-0.2, 0) is 4.84 Å². The monoisotopic (exact) mass is 186 g/mol. The molecule has 1 heterocycles. The van der Waals surface area contributed by atoms with Crippen LogP contribution in [0.25, 0.3) is 0 Å². The van der Waals surface area contributed by atoms with E-state index in [9.17, 15) is 4.79 Å². The minimum Gasteiger partial charge on any atom is -0.274 e. The van der Waals surface area contributed by atoms with Gasteiger partial charge >= 0.3 is 0 Å². The highest BCUT2D eigenvalue weighted by molar-refractivity contribution is 7.08. The van der Waals surface area contributed by atoms with Gasteiger partial charge in [0.25, 0.3) is 5.91 Å². The Morgan fingerprint density at radius 2 is 2.42 bits per heavy atom. The number of amides is 1. The number of hydroxylamine groups is 2. The van der Waals surface area contributed by atoms with Crippen LogP contribution in [0.2, 0.25) is 0 Å². The minimum absolute atomic E-state index is 0.155. The van der Waals surface area contributed by atoms with Crippen molar-refractivity contribution in [2.75, 3.05) is 14.2 Å². The Kier molecular flexibility index (Phi) is 2.78. The van der Waals surface area contributed by atoms with Crippen LogP contribution in [0.15, 0.2) is 6.20 Å². The van der Waals surface area contributed by atoms with Crippen molar-refractivity contribution in [2.45, 2.75) is 6.92 Å². The second kappa shape index (κ2) is 3.64. The summed E-state index contributed by atoms with van der Waals surface area (Å²) >= 11 is 1.18. The van der Waals surface area contributed by atoms with Crippen molar-refractivity contribution in [3.8, 4) is 0 Å². The lowest BCUT2D eigenvalue weighted by Gasteiger charge is -2.11. The molecule has 1 aromatic rings. The highest BCUT2D eigenvalue weighted by Gasteiger charge is 2.15. The Balaban J connectivity index is 2.85. The molecule has 66 valence electrons. The molecule has 0 aliphatic heterocycles. The average molecular weight is 186 g/mol. The van der Waals surface area contributed by atoms with E-state index in [-0.39, 0.29) is 5.91 Å². The topological polar surface area (TPSA) is 42.4 Å². The van der Waals surface area contributed by atoms with Gasteiger partial charge in [0.15, 0.2) is 0 Å². The third kappa shape index (κ3) is 1.62. The van der Waals surface area contributed by atoms with E-state index in [1.54, 1.807) is 13.2 Å². The summed E-state index contributed by atoms with van der Waals surface area (Å²) in [7, 11) is 3.02. The quantitative estimate of drug-likeness (QED) is 0.649. The lowest BCUT2D eigenvalue weighted by molar-refractivity contribution is -0.0754. The van der Waals surface area contributed by atoms with Gasteiger partial charge in [0, 0.05) is 13.2 Å². The van der Waals surface area contributed by atoms with Crippen LogP contribution in [-0.4, -0.2) is 29.5 Å². The molecule has 5 heteroatoms. The lowest BCUT2D eigenvalue weighted by Crippen LogP contribution is -2.24. The van der Waals surface area contributed by atoms with Crippen molar-refractivity contribution in [3.63, 3.8) is 0 Å². The highest BCUT2D eigenvalue weighted by atomic mass is 32.1. The summed E-state index contributed by atoms with van der Waals surface area (Å²) in [5.74, 6) is -0.155. The minimum atomic E-state index is -0.155. The fourth-order valence-corrected chi connectivity index (χ4v) is 1.44. The standard InChI is InChI=1S/C7H10N2O2S/c1-5-4-8-12-6(5)7(10)9(2)11-3/h4H,1-3H3. The Hall–Kier alpha value is -0.940. The van der Waals surface area contributed by atoms with E-state index in [4.69, 9.17) is 4.84 Å². The number of rotatable bonds is 2. The molecule has 0 aliphatic carbocycles. The Bertz CT molecular complexity index is 285. The summed E-state index contributed by atoms with van der Waals surface area (Å²) in [4.78, 5) is 16.8. The van der Waals surface area contributed by atoms with Crippen LogP contribution < -0.4 is 0 Å². The van der Waals surface area contributed by atoms with E-state index in [1.165, 1.54) is 23.7 Å². The van der Waals surface area contributed by atoms with E-state index in [0.29, 0.717) is 4.88 Å². The van der Waals surface area contributed by atoms with Crippen LogP contribution in [0, 0.1) is 6.92 Å². The molecule has 0 aromatic carbocycles. The number of carbonyl (C=O) groups is 1. The fourth-order valence-electron chi connectivity index (χ4n) is 0.722. The Morgan fingerprint density at radius 3 is 2.83 bits per heavy atom. The molecule has 12 heavy (non-hydrogen) atoms. The van der Waals surface area contributed by atoms with E-state index in [2.05, 4.69) is 4.37 Å². The van der Waals surface area contributed by atoms with Crippen molar-refractivity contribution in [2.24, 2.45) is 0 Å². The molecule has 0 saturated heterocycles. The molecule has 0 radical (unpaired) electrons. The molecule has 4 nitrogen and oxygen atoms in total. The SMILES string of the molecule is CON(C)C(=O)c1sncc1C. The van der Waals surface area contributed by atoms with E-state index < -0.39 is 0 Å². The third-order valence-electron chi connectivity index (χ3n) is 1.50. The molecule has 0 atom stereocenters. The second-order valence-corrected chi connectivity index (χ2v) is 3.12. The zero-order valence-corrected chi connectivity index (χ0v) is 8.01. The van der Waals surface area contributed by atoms with Crippen LogP contribution in [0.5, 0.6) is 0 Å². The van der Waals surface area contributed by atoms with Crippen molar-refractivity contribution in [1.29, 1.82) is 0 Å². The first-order chi connectivity index (χ1) is 5.66. The molecule has 0 N–H and O–H groups in total. The van der Waals surface area contributed by atoms with Gasteiger partial charge in [-0.1, -0.05) is 0 Å². The summed E-state index contributed by atoms with van der Waals surface area (Å²) in [5.41, 5.74) is 0.883. The molecule has 0 unspecified atom stereocenters. The number of aromatic nitrogens is 1. The highest BCUT2D eigenvalue weighted by Crippen LogP contribution is 2.13. The second-order valence-electron chi connectivity index (χ2n) is 2.32. The zero-order valence-electron chi connectivity index (χ0n) is 7.20. The Labute approximate surface area is 74.9 Å². The lowest BCUT2D eigenvalue weighted by atomic mass is 10.3. The number of carbonyl (C=O) groups excluding carboxylic acids is 1. The molecular formula is C7H10N2O2S. The molecule has 0 bridgehead atoms. The molecule has 0 fully saturated rings. The fraction of sp³-hybridized carbons (Fsp3) is 0.429. The summed E-state index contributed by atoms with van der Waals surface area (Å²) in [6.45, 7) is 1.85. The van der Waals surface area contributed by atoms with Gasteiger partial charge in [-0.2, -0.15) is 0 Å². The third-order valence-corrected chi connectivity index (χ3v) is 2.39. The van der Waals surface area contributed by atoms with Gasteiger partial charge in [-0.25, -0.2) is 9.44 Å². The first-order valence-corrected chi connectivity index (χ1v) is 4.17. The average Bonchev–Trinajstić information content (AvgIpc) is 2.48. The molecule has 1 amide bonds. The Morgan fingerprint density at radius 1 is 1.75 bits per heavy atom. The maximum absolute atomic E-state index is 11.4. The van der Waals surface area contributed by atoms with Gasteiger partial charge in [0.1, 0.15) is 4.88 Å². The smallest absolute Gasteiger partial charge is 0.274 e. The maximum atomic E-state index is 11.4. The number of hydrogen-bond donors (Lipinski definition) is 0. The van der Waals surface area contributed by atoms with Gasteiger partial charge in [-0.3, -0.25) is 9.63 Å². The molecular weight excluding hydrogens is 176 g/mol. The van der Waals surface area contributed by atoms with Crippen molar-refractivity contribution < 1.29 is 9.63 Å². The molecule has 0 spiro atoms. The van der Waals surface area contributed by atoms with E-state index >= 15 is 0 Å². The van der Waals surface area contributed by atoms with Crippen LogP contribution in [0.1, 0.15) is 15.2 Å². The van der Waals surface area contributed by atoms with Crippen LogP contribution in [0.3, 0.4) is 0 Å². The number of nitrogens with zero attached hydrogens (tertiary/aromatic N) is 2. The van der Waals surface area contributed by atoms with Gasteiger partial charge in [0.2, 0.25) is 0 Å². The number of aryl methyl sites for hydroxylation is 1. The molecule has 1 aromatic heterocycles. The summed E-state index contributed by atoms with van der Waals surface area (Å²) < 4.78 is 3.90. The summed E-state index contributed by atoms with van der Waals surface area (Å²) in [6.07, 6.45) is 1.67.